The van der Waals surface area contributed by atoms with E-state index >= 15 is 0 Å². The molecular weight excluding hydrogens is 529 g/mol. The molecule has 3 aromatic rings. The number of carbonyl (C=O) groups is 1. The van der Waals surface area contributed by atoms with E-state index in [2.05, 4.69) is 47.6 Å². The zero-order valence-corrected chi connectivity index (χ0v) is 18.4. The summed E-state index contributed by atoms with van der Waals surface area (Å²) in [6, 6.07) is 11.5. The Balaban J connectivity index is 1.68. The summed E-state index contributed by atoms with van der Waals surface area (Å²) in [6.07, 6.45) is -3.57. The average molecular weight is 544 g/mol. The maximum Gasteiger partial charge on any atom is 0.410 e. The predicted molar refractivity (Wildman–Crippen MR) is 115 cm³/mol. The van der Waals surface area contributed by atoms with Gasteiger partial charge in [0.1, 0.15) is 11.4 Å². The molecule has 1 aliphatic heterocycles. The van der Waals surface area contributed by atoms with E-state index in [1.165, 1.54) is 6.20 Å². The molecule has 0 unspecified atom stereocenters. The molecule has 1 amide bonds. The Kier molecular flexibility index (Phi) is 5.63. The number of hydrogen-bond acceptors (Lipinski definition) is 3. The first-order chi connectivity index (χ1) is 14.2. The summed E-state index contributed by atoms with van der Waals surface area (Å²) in [5, 5.41) is 9.65. The molecule has 0 radical (unpaired) electrons. The smallest absolute Gasteiger partial charge is 0.363 e. The molecule has 0 saturated carbocycles. The SMILES string of the molecule is O=C(Nc1ccc(Br)cc1)c1cnn2c1N[C@@H](c1ccc(Br)cc1)C[C@H]2C(F)(F)F. The first-order valence-electron chi connectivity index (χ1n) is 8.95. The molecule has 30 heavy (non-hydrogen) atoms. The fraction of sp³-hybridized carbons (Fsp3) is 0.200. The second kappa shape index (κ2) is 8.07. The van der Waals surface area contributed by atoms with Crippen molar-refractivity contribution in [3.8, 4) is 0 Å². The number of benzene rings is 2. The number of aromatic nitrogens is 2. The van der Waals surface area contributed by atoms with E-state index in [9.17, 15) is 18.0 Å². The van der Waals surface area contributed by atoms with Crippen molar-refractivity contribution in [2.45, 2.75) is 24.7 Å². The number of anilines is 2. The van der Waals surface area contributed by atoms with Gasteiger partial charge in [-0.25, -0.2) is 4.68 Å². The van der Waals surface area contributed by atoms with E-state index in [4.69, 9.17) is 0 Å². The number of amides is 1. The van der Waals surface area contributed by atoms with Crippen LogP contribution < -0.4 is 10.6 Å². The molecule has 0 spiro atoms. The van der Waals surface area contributed by atoms with Gasteiger partial charge in [-0.2, -0.15) is 18.3 Å². The number of carbonyl (C=O) groups excluding carboxylic acids is 1. The molecule has 0 fully saturated rings. The van der Waals surface area contributed by atoms with Gasteiger partial charge >= 0.3 is 6.18 Å². The van der Waals surface area contributed by atoms with Crippen molar-refractivity contribution in [3.05, 3.63) is 74.8 Å². The van der Waals surface area contributed by atoms with Gasteiger partial charge in [-0.1, -0.05) is 44.0 Å². The normalized spacial score (nSPS) is 18.4. The van der Waals surface area contributed by atoms with Crippen molar-refractivity contribution in [3.63, 3.8) is 0 Å². The lowest BCUT2D eigenvalue weighted by molar-refractivity contribution is -0.173. The number of nitrogens with one attached hydrogen (secondary N) is 2. The van der Waals surface area contributed by atoms with Crippen LogP contribution in [0.2, 0.25) is 0 Å². The molecule has 10 heteroatoms. The van der Waals surface area contributed by atoms with Crippen molar-refractivity contribution in [1.29, 1.82) is 0 Å². The zero-order chi connectivity index (χ0) is 21.5. The molecule has 2 heterocycles. The molecule has 5 nitrogen and oxygen atoms in total. The number of rotatable bonds is 3. The molecule has 0 aliphatic carbocycles. The van der Waals surface area contributed by atoms with E-state index in [0.29, 0.717) is 11.3 Å². The highest BCUT2D eigenvalue weighted by Gasteiger charge is 2.47. The molecule has 4 rings (SSSR count). The molecule has 2 N–H and O–H groups in total. The Morgan fingerprint density at radius 2 is 1.67 bits per heavy atom. The van der Waals surface area contributed by atoms with Crippen molar-refractivity contribution in [2.24, 2.45) is 0 Å². The topological polar surface area (TPSA) is 59.0 Å². The van der Waals surface area contributed by atoms with E-state index in [0.717, 1.165) is 13.6 Å². The van der Waals surface area contributed by atoms with Gasteiger partial charge < -0.3 is 10.6 Å². The maximum atomic E-state index is 13.8. The van der Waals surface area contributed by atoms with Gasteiger partial charge in [-0.15, -0.1) is 0 Å². The second-order valence-corrected chi connectivity index (χ2v) is 8.69. The van der Waals surface area contributed by atoms with Crippen LogP contribution in [0, 0.1) is 0 Å². The summed E-state index contributed by atoms with van der Waals surface area (Å²) in [5.41, 5.74) is 1.27. The first-order valence-corrected chi connectivity index (χ1v) is 10.5. The van der Waals surface area contributed by atoms with Crippen LogP contribution in [-0.2, 0) is 0 Å². The number of alkyl halides is 3. The molecule has 1 aliphatic rings. The maximum absolute atomic E-state index is 13.8. The Bertz CT molecular complexity index is 1070. The van der Waals surface area contributed by atoms with Gasteiger partial charge in [-0.05, 0) is 42.0 Å². The van der Waals surface area contributed by atoms with Gasteiger partial charge in [0.2, 0.25) is 0 Å². The molecular formula is C20H15Br2F3N4O. The highest BCUT2D eigenvalue weighted by molar-refractivity contribution is 9.10. The van der Waals surface area contributed by atoms with Gasteiger partial charge in [0, 0.05) is 21.1 Å². The monoisotopic (exact) mass is 542 g/mol. The summed E-state index contributed by atoms with van der Waals surface area (Å²) in [7, 11) is 0. The standard InChI is InChI=1S/C20H15Br2F3N4O/c21-12-3-1-11(2-4-12)16-9-17(20(23,24)25)29-18(28-16)15(10-26-29)19(30)27-14-7-5-13(22)6-8-14/h1-8,10,16-17,28H,9H2,(H,27,30)/t16-,17+/m1/s1. The van der Waals surface area contributed by atoms with Gasteiger partial charge in [0.05, 0.1) is 12.2 Å². The van der Waals surface area contributed by atoms with Crippen molar-refractivity contribution in [2.75, 3.05) is 10.6 Å². The van der Waals surface area contributed by atoms with Crippen LogP contribution >= 0.6 is 31.9 Å². The van der Waals surface area contributed by atoms with Crippen LogP contribution in [0.3, 0.4) is 0 Å². The van der Waals surface area contributed by atoms with Crippen molar-refractivity contribution >= 4 is 49.3 Å². The highest BCUT2D eigenvalue weighted by Crippen LogP contribution is 2.44. The lowest BCUT2D eigenvalue weighted by Crippen LogP contribution is -2.36. The van der Waals surface area contributed by atoms with Crippen molar-refractivity contribution in [1.82, 2.24) is 9.78 Å². The third-order valence-corrected chi connectivity index (χ3v) is 5.91. The van der Waals surface area contributed by atoms with Gasteiger partial charge in [0.25, 0.3) is 5.91 Å². The van der Waals surface area contributed by atoms with E-state index in [-0.39, 0.29) is 17.8 Å². The highest BCUT2D eigenvalue weighted by atomic mass is 79.9. The molecule has 0 saturated heterocycles. The van der Waals surface area contributed by atoms with Gasteiger partial charge in [-0.3, -0.25) is 4.79 Å². The largest absolute Gasteiger partial charge is 0.410 e. The van der Waals surface area contributed by atoms with E-state index in [1.54, 1.807) is 48.5 Å². The Labute approximate surface area is 186 Å². The lowest BCUT2D eigenvalue weighted by atomic mass is 9.96. The predicted octanol–water partition coefficient (Wildman–Crippen LogP) is 6.32. The molecule has 2 atom stereocenters. The second-order valence-electron chi connectivity index (χ2n) is 6.85. The van der Waals surface area contributed by atoms with Crippen LogP contribution in [0.4, 0.5) is 24.7 Å². The van der Waals surface area contributed by atoms with E-state index in [1.807, 2.05) is 0 Å². The molecule has 156 valence electrons. The van der Waals surface area contributed by atoms with E-state index < -0.39 is 24.2 Å². The fourth-order valence-electron chi connectivity index (χ4n) is 3.37. The summed E-state index contributed by atoms with van der Waals surface area (Å²) < 4.78 is 43.8. The zero-order valence-electron chi connectivity index (χ0n) is 15.3. The first kappa shape index (κ1) is 20.9. The molecule has 0 bridgehead atoms. The number of halogens is 5. The minimum absolute atomic E-state index is 0.0473. The summed E-state index contributed by atoms with van der Waals surface area (Å²) >= 11 is 6.64. The van der Waals surface area contributed by atoms with Crippen LogP contribution in [0.1, 0.15) is 34.4 Å². The summed E-state index contributed by atoms with van der Waals surface area (Å²) in [6.45, 7) is 0. The Morgan fingerprint density at radius 3 is 2.27 bits per heavy atom. The van der Waals surface area contributed by atoms with Crippen LogP contribution in [0.15, 0.2) is 63.7 Å². The van der Waals surface area contributed by atoms with Crippen LogP contribution in [-0.4, -0.2) is 21.9 Å². The summed E-state index contributed by atoms with van der Waals surface area (Å²) in [5.74, 6) is -0.491. The lowest BCUT2D eigenvalue weighted by Gasteiger charge is -2.34. The Morgan fingerprint density at radius 1 is 1.07 bits per heavy atom. The van der Waals surface area contributed by atoms with Crippen LogP contribution in [0.5, 0.6) is 0 Å². The quantitative estimate of drug-likeness (QED) is 0.406. The third-order valence-electron chi connectivity index (χ3n) is 4.86. The fourth-order valence-corrected chi connectivity index (χ4v) is 3.90. The average Bonchev–Trinajstić information content (AvgIpc) is 3.13. The minimum atomic E-state index is -4.50. The number of hydrogen-bond donors (Lipinski definition) is 2. The minimum Gasteiger partial charge on any atom is -0.363 e. The third kappa shape index (κ3) is 4.24. The van der Waals surface area contributed by atoms with Crippen molar-refractivity contribution < 1.29 is 18.0 Å². The number of fused-ring (bicyclic) bond motifs is 1. The molecule has 2 aromatic carbocycles. The number of nitrogens with zero attached hydrogens (tertiary/aromatic N) is 2. The summed E-state index contributed by atoms with van der Waals surface area (Å²) in [4.78, 5) is 12.8. The van der Waals surface area contributed by atoms with Gasteiger partial charge in [0.15, 0.2) is 6.04 Å². The van der Waals surface area contributed by atoms with Crippen LogP contribution in [0.25, 0.3) is 0 Å². The molecule has 1 aromatic heterocycles. The Hall–Kier alpha value is -2.33.